The largest absolute Gasteiger partial charge is 0.380 e. The maximum absolute atomic E-state index is 13.6. The first kappa shape index (κ1) is 43.4. The monoisotopic (exact) mass is 862 g/mol. The normalized spacial score (nSPS) is 19.5. The van der Waals surface area contributed by atoms with E-state index in [-0.39, 0.29) is 30.0 Å². The van der Waals surface area contributed by atoms with E-state index in [4.69, 9.17) is 0 Å². The first-order valence-electron chi connectivity index (χ1n) is 23.5. The van der Waals surface area contributed by atoms with Crippen LogP contribution < -0.4 is 31.9 Å². The molecular formula is C52H62N8O4. The van der Waals surface area contributed by atoms with Gasteiger partial charge in [-0.05, 0) is 136 Å². The lowest BCUT2D eigenvalue weighted by Gasteiger charge is -2.34. The van der Waals surface area contributed by atoms with Crippen molar-refractivity contribution in [3.05, 3.63) is 106 Å². The minimum Gasteiger partial charge on any atom is -0.380 e. The lowest BCUT2D eigenvalue weighted by atomic mass is 9.91. The molecular weight excluding hydrogens is 801 g/mol. The van der Waals surface area contributed by atoms with E-state index >= 15 is 0 Å². The Hall–Kier alpha value is -5.90. The van der Waals surface area contributed by atoms with Crippen molar-refractivity contribution in [1.29, 1.82) is 0 Å². The number of amides is 3. The number of likely N-dealkylation sites (tertiary alicyclic amines) is 1. The van der Waals surface area contributed by atoms with Crippen molar-refractivity contribution in [2.24, 2.45) is 18.9 Å². The van der Waals surface area contributed by atoms with E-state index in [9.17, 15) is 19.2 Å². The molecule has 5 aromatic rings. The highest BCUT2D eigenvalue weighted by atomic mass is 16.2. The molecule has 64 heavy (non-hydrogen) atoms. The number of imidazole rings is 1. The molecule has 1 aromatic heterocycles. The zero-order valence-electron chi connectivity index (χ0n) is 37.6. The van der Waals surface area contributed by atoms with Crippen LogP contribution >= 0.6 is 0 Å². The number of nitrogens with zero attached hydrogens (tertiary/aromatic N) is 4. The van der Waals surface area contributed by atoms with Gasteiger partial charge in [0.2, 0.25) is 11.8 Å². The number of hydrogen-bond acceptors (Lipinski definition) is 8. The predicted molar refractivity (Wildman–Crippen MR) is 255 cm³/mol. The standard InChI is InChI=1S/C52H62N8O4/c1-34-11-15-39(55-40-32-53-33-40)30-45(34)50(62)54-35(2)42-17-14-38(43-9-4-5-10-44(42)43)13-12-37-21-26-58(27-22-37)25-7-6-8-36-23-28-59(29-24-36)41-16-18-46-48(31-41)57(3)52(64)60(46)47-19-20-49(61)56-51(47)63/h4-5,9-11,14-18,30-31,35-37,40,47,53,55H,6-8,19-29,32-33H2,1-3H3,(H,54,62)(H,56,61,63). The van der Waals surface area contributed by atoms with Gasteiger partial charge in [-0.2, -0.15) is 0 Å². The summed E-state index contributed by atoms with van der Waals surface area (Å²) in [6.07, 6.45) is 8.83. The summed E-state index contributed by atoms with van der Waals surface area (Å²) < 4.78 is 3.17. The number of anilines is 2. The summed E-state index contributed by atoms with van der Waals surface area (Å²) >= 11 is 0. The SMILES string of the molecule is Cc1ccc(NC2CNC2)cc1C(=O)NC(C)c1ccc(C#CC2CCN(CCCCC3CCN(c4ccc5c(c4)n(C)c(=O)n5C4CCC(=O)NC4=O)CC3)CC2)c2ccccc12. The Bertz CT molecular complexity index is 2670. The zero-order chi connectivity index (χ0) is 44.3. The van der Waals surface area contributed by atoms with Crippen molar-refractivity contribution in [3.63, 3.8) is 0 Å². The van der Waals surface area contributed by atoms with E-state index in [0.717, 1.165) is 127 Å². The number of hydrogen-bond donors (Lipinski definition) is 4. The van der Waals surface area contributed by atoms with Crippen molar-refractivity contribution < 1.29 is 14.4 Å². The number of benzene rings is 4. The number of piperidine rings is 3. The second kappa shape index (κ2) is 19.1. The van der Waals surface area contributed by atoms with Gasteiger partial charge >= 0.3 is 5.69 Å². The third kappa shape index (κ3) is 9.33. The molecule has 4 aliphatic heterocycles. The molecule has 0 radical (unpaired) electrons. The van der Waals surface area contributed by atoms with Gasteiger partial charge in [0, 0.05) is 68.1 Å². The fourth-order valence-corrected chi connectivity index (χ4v) is 10.3. The second-order valence-electron chi connectivity index (χ2n) is 18.6. The summed E-state index contributed by atoms with van der Waals surface area (Å²) in [5.41, 5.74) is 7.17. The number of imide groups is 1. The molecule has 12 heteroatoms. The minimum absolute atomic E-state index is 0.0665. The van der Waals surface area contributed by atoms with Gasteiger partial charge in [-0.1, -0.05) is 61.1 Å². The molecule has 2 unspecified atom stereocenters. The van der Waals surface area contributed by atoms with Gasteiger partial charge in [-0.25, -0.2) is 4.79 Å². The fraction of sp³-hybridized carbons (Fsp3) is 0.462. The molecule has 9 rings (SSSR count). The van der Waals surface area contributed by atoms with Crippen molar-refractivity contribution in [2.75, 3.05) is 56.0 Å². The summed E-state index contributed by atoms with van der Waals surface area (Å²) in [6, 6.07) is 24.4. The average Bonchev–Trinajstić information content (AvgIpc) is 3.54. The van der Waals surface area contributed by atoms with Crippen molar-refractivity contribution >= 4 is 50.9 Å². The fourth-order valence-electron chi connectivity index (χ4n) is 10.3. The first-order valence-corrected chi connectivity index (χ1v) is 23.5. The summed E-state index contributed by atoms with van der Waals surface area (Å²) in [4.78, 5) is 56.2. The van der Waals surface area contributed by atoms with E-state index < -0.39 is 11.9 Å². The third-order valence-electron chi connectivity index (χ3n) is 14.3. The van der Waals surface area contributed by atoms with Gasteiger partial charge in [0.05, 0.1) is 23.1 Å². The highest BCUT2D eigenvalue weighted by molar-refractivity contribution is 6.00. The topological polar surface area (TPSA) is 133 Å². The number of aromatic nitrogens is 2. The number of aryl methyl sites for hydroxylation is 2. The molecule has 4 fully saturated rings. The van der Waals surface area contributed by atoms with Gasteiger partial charge < -0.3 is 25.8 Å². The van der Waals surface area contributed by atoms with Crippen LogP contribution in [0.15, 0.2) is 77.6 Å². The minimum atomic E-state index is -0.671. The van der Waals surface area contributed by atoms with Crippen molar-refractivity contribution in [3.8, 4) is 11.8 Å². The maximum Gasteiger partial charge on any atom is 0.329 e. The van der Waals surface area contributed by atoms with Crippen LogP contribution in [0.3, 0.4) is 0 Å². The van der Waals surface area contributed by atoms with E-state index in [2.05, 4.69) is 98.4 Å². The van der Waals surface area contributed by atoms with Crippen LogP contribution in [-0.4, -0.2) is 83.6 Å². The van der Waals surface area contributed by atoms with Crippen molar-refractivity contribution in [2.45, 2.75) is 89.8 Å². The van der Waals surface area contributed by atoms with Gasteiger partial charge in [-0.3, -0.25) is 28.8 Å². The predicted octanol–water partition coefficient (Wildman–Crippen LogP) is 6.80. The first-order chi connectivity index (χ1) is 31.1. The smallest absolute Gasteiger partial charge is 0.329 e. The Morgan fingerprint density at radius 2 is 1.64 bits per heavy atom. The van der Waals surface area contributed by atoms with Gasteiger partial charge in [-0.15, -0.1) is 0 Å². The Kier molecular flexibility index (Phi) is 12.9. The molecule has 4 aromatic carbocycles. The van der Waals surface area contributed by atoms with Gasteiger partial charge in [0.1, 0.15) is 6.04 Å². The molecule has 0 bridgehead atoms. The quantitative estimate of drug-likeness (QED) is 0.0612. The Balaban J connectivity index is 0.719. The molecule has 2 atom stereocenters. The summed E-state index contributed by atoms with van der Waals surface area (Å²) in [5.74, 6) is 7.57. The van der Waals surface area contributed by atoms with Crippen LogP contribution in [0.1, 0.15) is 104 Å². The number of fused-ring (bicyclic) bond motifs is 2. The van der Waals surface area contributed by atoms with Crippen LogP contribution in [0.2, 0.25) is 0 Å². The number of rotatable bonds is 12. The summed E-state index contributed by atoms with van der Waals surface area (Å²) in [7, 11) is 1.75. The third-order valence-corrected chi connectivity index (χ3v) is 14.3. The average molecular weight is 863 g/mol. The van der Waals surface area contributed by atoms with Crippen LogP contribution in [0.5, 0.6) is 0 Å². The Morgan fingerprint density at radius 1 is 0.859 bits per heavy atom. The van der Waals surface area contributed by atoms with E-state index in [1.807, 2.05) is 31.2 Å². The van der Waals surface area contributed by atoms with Gasteiger partial charge in [0.15, 0.2) is 0 Å². The van der Waals surface area contributed by atoms with E-state index in [0.29, 0.717) is 23.9 Å². The lowest BCUT2D eigenvalue weighted by Crippen LogP contribution is -2.51. The Labute approximate surface area is 376 Å². The second-order valence-corrected chi connectivity index (χ2v) is 18.6. The maximum atomic E-state index is 13.6. The van der Waals surface area contributed by atoms with E-state index in [1.54, 1.807) is 16.2 Å². The zero-order valence-corrected chi connectivity index (χ0v) is 37.6. The van der Waals surface area contributed by atoms with Gasteiger partial charge in [0.25, 0.3) is 5.91 Å². The molecule has 4 saturated heterocycles. The van der Waals surface area contributed by atoms with Crippen LogP contribution in [0.4, 0.5) is 11.4 Å². The molecule has 334 valence electrons. The number of carbonyl (C=O) groups excluding carboxylic acids is 3. The molecule has 0 saturated carbocycles. The van der Waals surface area contributed by atoms with E-state index in [1.165, 1.54) is 19.3 Å². The van der Waals surface area contributed by atoms with Crippen LogP contribution in [0.25, 0.3) is 21.8 Å². The summed E-state index contributed by atoms with van der Waals surface area (Å²) in [5, 5.41) is 14.7. The van der Waals surface area contributed by atoms with Crippen LogP contribution in [0, 0.1) is 30.6 Å². The van der Waals surface area contributed by atoms with Crippen LogP contribution in [-0.2, 0) is 16.6 Å². The van der Waals surface area contributed by atoms with Crippen molar-refractivity contribution in [1.82, 2.24) is 30.0 Å². The molecule has 3 amide bonds. The molecule has 4 N–H and O–H groups in total. The molecule has 0 aliphatic carbocycles. The lowest BCUT2D eigenvalue weighted by molar-refractivity contribution is -0.135. The Morgan fingerprint density at radius 3 is 2.39 bits per heavy atom. The molecule has 12 nitrogen and oxygen atoms in total. The highest BCUT2D eigenvalue weighted by Gasteiger charge is 2.32. The summed E-state index contributed by atoms with van der Waals surface area (Å²) in [6.45, 7) is 11.3. The highest BCUT2D eigenvalue weighted by Crippen LogP contribution is 2.32. The number of nitrogens with one attached hydrogen (secondary N) is 4. The molecule has 4 aliphatic rings. The molecule has 0 spiro atoms. The number of carbonyl (C=O) groups is 3. The molecule has 5 heterocycles. The number of unbranched alkanes of at least 4 members (excludes halogenated alkanes) is 1.